The molecule has 0 atom stereocenters. The van der Waals surface area contributed by atoms with Crippen LogP contribution in [0.3, 0.4) is 0 Å². The number of hydrogen-bond acceptors (Lipinski definition) is 5. The number of ether oxygens (including phenoxy) is 2. The van der Waals surface area contributed by atoms with Crippen molar-refractivity contribution in [1.82, 2.24) is 19.2 Å². The maximum absolute atomic E-state index is 13.1. The Balaban J connectivity index is 1.48. The van der Waals surface area contributed by atoms with Crippen LogP contribution in [0.4, 0.5) is 0 Å². The summed E-state index contributed by atoms with van der Waals surface area (Å²) in [5, 5.41) is 5.04. The van der Waals surface area contributed by atoms with Gasteiger partial charge in [-0.15, -0.1) is 0 Å². The summed E-state index contributed by atoms with van der Waals surface area (Å²) in [4.78, 5) is 17.7. The molecule has 0 aliphatic carbocycles. The third kappa shape index (κ3) is 3.37. The summed E-state index contributed by atoms with van der Waals surface area (Å²) in [6.07, 6.45) is 5.93. The summed E-state index contributed by atoms with van der Waals surface area (Å²) >= 11 is 0. The second kappa shape index (κ2) is 8.19. The van der Waals surface area contributed by atoms with Gasteiger partial charge < -0.3 is 14.0 Å². The first-order valence-corrected chi connectivity index (χ1v) is 10.3. The molecule has 0 N–H and O–H groups in total. The number of hydrogen-bond donors (Lipinski definition) is 0. The second-order valence-corrected chi connectivity index (χ2v) is 7.47. The minimum Gasteiger partial charge on any atom is -0.493 e. The molecular weight excluding hydrogens is 404 g/mol. The standard InChI is InChI=1S/C25H22N4O3/c1-31-22-9-8-17(14-23(22)32-2)10-12-28-13-11-21-20(25(28)30)15-26-24-19(16-27-29(21)24)18-6-4-3-5-7-18/h3-9,11,13-16H,10,12H2,1-2H3. The van der Waals surface area contributed by atoms with Crippen molar-refractivity contribution in [3.8, 4) is 22.6 Å². The van der Waals surface area contributed by atoms with Crippen LogP contribution >= 0.6 is 0 Å². The van der Waals surface area contributed by atoms with E-state index in [-0.39, 0.29) is 5.56 Å². The first-order chi connectivity index (χ1) is 15.7. The molecule has 7 nitrogen and oxygen atoms in total. The van der Waals surface area contributed by atoms with E-state index in [2.05, 4.69) is 10.1 Å². The Labute approximate surface area is 184 Å². The van der Waals surface area contributed by atoms with Crippen LogP contribution in [0.15, 0.2) is 78.0 Å². The summed E-state index contributed by atoms with van der Waals surface area (Å²) < 4.78 is 14.1. The zero-order valence-corrected chi connectivity index (χ0v) is 17.9. The van der Waals surface area contributed by atoms with Crippen LogP contribution in [0.2, 0.25) is 0 Å². The van der Waals surface area contributed by atoms with Crippen LogP contribution in [-0.2, 0) is 13.0 Å². The van der Waals surface area contributed by atoms with Crippen molar-refractivity contribution in [1.29, 1.82) is 0 Å². The van der Waals surface area contributed by atoms with Crippen molar-refractivity contribution in [2.45, 2.75) is 13.0 Å². The number of aromatic nitrogens is 4. The van der Waals surface area contributed by atoms with Crippen molar-refractivity contribution in [2.75, 3.05) is 14.2 Å². The highest BCUT2D eigenvalue weighted by atomic mass is 16.5. The lowest BCUT2D eigenvalue weighted by Crippen LogP contribution is -2.21. The smallest absolute Gasteiger partial charge is 0.261 e. The molecule has 3 heterocycles. The van der Waals surface area contributed by atoms with Crippen molar-refractivity contribution < 1.29 is 9.47 Å². The fourth-order valence-electron chi connectivity index (χ4n) is 3.94. The topological polar surface area (TPSA) is 70.6 Å². The molecule has 0 bridgehead atoms. The molecule has 0 saturated heterocycles. The monoisotopic (exact) mass is 426 g/mol. The molecule has 0 spiro atoms. The molecule has 5 rings (SSSR count). The van der Waals surface area contributed by atoms with Gasteiger partial charge in [0.05, 0.1) is 31.3 Å². The van der Waals surface area contributed by atoms with E-state index in [0.29, 0.717) is 29.9 Å². The molecule has 0 saturated carbocycles. The van der Waals surface area contributed by atoms with E-state index in [0.717, 1.165) is 27.9 Å². The Bertz CT molecular complexity index is 1470. The first kappa shape index (κ1) is 19.8. The zero-order chi connectivity index (χ0) is 22.1. The number of methoxy groups -OCH3 is 2. The van der Waals surface area contributed by atoms with Gasteiger partial charge in [-0.25, -0.2) is 9.50 Å². The summed E-state index contributed by atoms with van der Waals surface area (Å²) in [6.45, 7) is 0.538. The van der Waals surface area contributed by atoms with Gasteiger partial charge in [0.1, 0.15) is 0 Å². The van der Waals surface area contributed by atoms with Gasteiger partial charge in [0, 0.05) is 24.5 Å². The lowest BCUT2D eigenvalue weighted by molar-refractivity contribution is 0.354. The number of nitrogens with zero attached hydrogens (tertiary/aromatic N) is 4. The highest BCUT2D eigenvalue weighted by Gasteiger charge is 2.13. The molecule has 0 aliphatic rings. The van der Waals surface area contributed by atoms with Gasteiger partial charge in [-0.1, -0.05) is 36.4 Å². The molecule has 5 aromatic rings. The van der Waals surface area contributed by atoms with E-state index in [1.54, 1.807) is 35.7 Å². The Morgan fingerprint density at radius 1 is 0.938 bits per heavy atom. The van der Waals surface area contributed by atoms with E-state index in [9.17, 15) is 4.79 Å². The molecule has 0 aliphatic heterocycles. The molecule has 0 unspecified atom stereocenters. The van der Waals surface area contributed by atoms with Crippen LogP contribution < -0.4 is 15.0 Å². The molecule has 2 aromatic carbocycles. The predicted molar refractivity (Wildman–Crippen MR) is 123 cm³/mol. The van der Waals surface area contributed by atoms with Gasteiger partial charge in [-0.05, 0) is 35.7 Å². The summed E-state index contributed by atoms with van der Waals surface area (Å²) in [6, 6.07) is 17.7. The maximum atomic E-state index is 13.1. The highest BCUT2D eigenvalue weighted by Crippen LogP contribution is 2.28. The van der Waals surface area contributed by atoms with Crippen LogP contribution in [0, 0.1) is 0 Å². The Morgan fingerprint density at radius 2 is 1.75 bits per heavy atom. The third-order valence-electron chi connectivity index (χ3n) is 5.64. The van der Waals surface area contributed by atoms with Crippen LogP contribution in [0.25, 0.3) is 27.7 Å². The van der Waals surface area contributed by atoms with Gasteiger partial charge in [-0.2, -0.15) is 5.10 Å². The summed E-state index contributed by atoms with van der Waals surface area (Å²) in [7, 11) is 3.22. The molecule has 160 valence electrons. The van der Waals surface area contributed by atoms with Crippen LogP contribution in [0.1, 0.15) is 5.56 Å². The van der Waals surface area contributed by atoms with Crippen molar-refractivity contribution in [2.24, 2.45) is 0 Å². The van der Waals surface area contributed by atoms with Crippen LogP contribution in [0.5, 0.6) is 11.5 Å². The van der Waals surface area contributed by atoms with E-state index >= 15 is 0 Å². The van der Waals surface area contributed by atoms with Crippen molar-refractivity contribution in [3.63, 3.8) is 0 Å². The fourth-order valence-corrected chi connectivity index (χ4v) is 3.94. The summed E-state index contributed by atoms with van der Waals surface area (Å²) in [5.74, 6) is 1.36. The molecule has 32 heavy (non-hydrogen) atoms. The predicted octanol–water partition coefficient (Wildman–Crippen LogP) is 3.97. The zero-order valence-electron chi connectivity index (χ0n) is 17.9. The molecule has 0 fully saturated rings. The number of pyridine rings is 1. The lowest BCUT2D eigenvalue weighted by atomic mass is 10.1. The SMILES string of the molecule is COc1ccc(CCn2ccc3c(cnc4c(-c5ccccc5)cnn43)c2=O)cc1OC. The van der Waals surface area contributed by atoms with E-state index in [1.165, 1.54) is 0 Å². The minimum absolute atomic E-state index is 0.0888. The number of benzene rings is 2. The van der Waals surface area contributed by atoms with E-state index in [1.807, 2.05) is 60.8 Å². The molecular formula is C25H22N4O3. The quantitative estimate of drug-likeness (QED) is 0.411. The molecule has 3 aromatic heterocycles. The van der Waals surface area contributed by atoms with Crippen molar-refractivity contribution in [3.05, 3.63) is 89.1 Å². The number of aryl methyl sites for hydroxylation is 2. The number of rotatable bonds is 6. The average molecular weight is 426 g/mol. The van der Waals surface area contributed by atoms with Gasteiger partial charge >= 0.3 is 0 Å². The normalized spacial score (nSPS) is 11.2. The number of fused-ring (bicyclic) bond motifs is 3. The van der Waals surface area contributed by atoms with Crippen molar-refractivity contribution >= 4 is 16.6 Å². The largest absolute Gasteiger partial charge is 0.493 e. The Morgan fingerprint density at radius 3 is 2.53 bits per heavy atom. The third-order valence-corrected chi connectivity index (χ3v) is 5.64. The van der Waals surface area contributed by atoms with Gasteiger partial charge in [-0.3, -0.25) is 4.79 Å². The second-order valence-electron chi connectivity index (χ2n) is 7.47. The first-order valence-electron chi connectivity index (χ1n) is 10.3. The summed E-state index contributed by atoms with van der Waals surface area (Å²) in [5.41, 5.74) is 4.41. The highest BCUT2D eigenvalue weighted by molar-refractivity contribution is 5.84. The van der Waals surface area contributed by atoms with Gasteiger partial charge in [0.25, 0.3) is 5.56 Å². The van der Waals surface area contributed by atoms with E-state index in [4.69, 9.17) is 9.47 Å². The maximum Gasteiger partial charge on any atom is 0.261 e. The average Bonchev–Trinajstić information content (AvgIpc) is 3.28. The Hall–Kier alpha value is -4.13. The van der Waals surface area contributed by atoms with Gasteiger partial charge in [0.15, 0.2) is 17.1 Å². The molecule has 0 radical (unpaired) electrons. The Kier molecular flexibility index (Phi) is 5.07. The lowest BCUT2D eigenvalue weighted by Gasteiger charge is -2.11. The fraction of sp³-hybridized carbons (Fsp3) is 0.160. The molecule has 0 amide bonds. The minimum atomic E-state index is -0.0888. The molecule has 7 heteroatoms. The van der Waals surface area contributed by atoms with E-state index < -0.39 is 0 Å². The van der Waals surface area contributed by atoms with Crippen LogP contribution in [-0.4, -0.2) is 33.4 Å². The van der Waals surface area contributed by atoms with Gasteiger partial charge in [0.2, 0.25) is 0 Å².